The van der Waals surface area contributed by atoms with Gasteiger partial charge in [-0.2, -0.15) is 0 Å². The summed E-state index contributed by atoms with van der Waals surface area (Å²) in [6.45, 7) is 1.01. The Morgan fingerprint density at radius 1 is 1.22 bits per heavy atom. The molecule has 0 aromatic carbocycles. The first-order valence-corrected chi connectivity index (χ1v) is 6.91. The molecule has 1 heterocycles. The van der Waals surface area contributed by atoms with E-state index >= 15 is 0 Å². The first-order chi connectivity index (χ1) is 8.62. The van der Waals surface area contributed by atoms with E-state index in [4.69, 9.17) is 0 Å². The zero-order valence-corrected chi connectivity index (χ0v) is 10.5. The standard InChI is InChI=1S/C13H20N2O3/c16-11(17)13-6-2-3-9(13)7-15(8-13)12(18)14-10-4-1-5-10/h9-10H,1-8H2,(H,14,18)(H,16,17)/t9-,13+/m0/s1. The van der Waals surface area contributed by atoms with Crippen LogP contribution in [0.5, 0.6) is 0 Å². The van der Waals surface area contributed by atoms with Crippen LogP contribution in [0.3, 0.4) is 0 Å². The van der Waals surface area contributed by atoms with Gasteiger partial charge in [-0.1, -0.05) is 6.42 Å². The molecule has 2 N–H and O–H groups in total. The number of rotatable bonds is 2. The molecule has 2 amide bonds. The van der Waals surface area contributed by atoms with E-state index in [-0.39, 0.29) is 11.9 Å². The number of urea groups is 1. The smallest absolute Gasteiger partial charge is 0.317 e. The van der Waals surface area contributed by atoms with E-state index in [1.54, 1.807) is 4.90 Å². The number of amides is 2. The Kier molecular flexibility index (Phi) is 2.72. The Labute approximate surface area is 107 Å². The average molecular weight is 252 g/mol. The van der Waals surface area contributed by atoms with E-state index in [0.29, 0.717) is 19.1 Å². The highest BCUT2D eigenvalue weighted by Gasteiger charge is 2.55. The first kappa shape index (κ1) is 11.8. The monoisotopic (exact) mass is 252 g/mol. The van der Waals surface area contributed by atoms with Crippen LogP contribution in [0.25, 0.3) is 0 Å². The minimum Gasteiger partial charge on any atom is -0.481 e. The fourth-order valence-electron chi connectivity index (χ4n) is 3.61. The molecule has 5 nitrogen and oxygen atoms in total. The maximum atomic E-state index is 12.1. The molecule has 0 spiro atoms. The Balaban J connectivity index is 1.66. The van der Waals surface area contributed by atoms with Crippen LogP contribution in [0.15, 0.2) is 0 Å². The Hall–Kier alpha value is -1.26. The van der Waals surface area contributed by atoms with Crippen LogP contribution < -0.4 is 5.32 Å². The maximum Gasteiger partial charge on any atom is 0.317 e. The largest absolute Gasteiger partial charge is 0.481 e. The van der Waals surface area contributed by atoms with Crippen molar-refractivity contribution in [2.24, 2.45) is 11.3 Å². The van der Waals surface area contributed by atoms with Gasteiger partial charge in [0.25, 0.3) is 0 Å². The highest BCUT2D eigenvalue weighted by molar-refractivity contribution is 5.80. The number of carbonyl (C=O) groups excluding carboxylic acids is 1. The minimum absolute atomic E-state index is 0.0604. The SMILES string of the molecule is O=C(NC1CCC1)N1C[C@@H]2CCC[C@@]2(C(=O)O)C1. The first-order valence-electron chi connectivity index (χ1n) is 6.91. The van der Waals surface area contributed by atoms with Crippen LogP contribution in [0, 0.1) is 11.3 Å². The second kappa shape index (κ2) is 4.14. The molecule has 0 aromatic rings. The predicted molar refractivity (Wildman–Crippen MR) is 65.2 cm³/mol. The van der Waals surface area contributed by atoms with Gasteiger partial charge in [-0.05, 0) is 38.0 Å². The van der Waals surface area contributed by atoms with Crippen LogP contribution in [0.2, 0.25) is 0 Å². The highest BCUT2D eigenvalue weighted by atomic mass is 16.4. The lowest BCUT2D eigenvalue weighted by Crippen LogP contribution is -2.47. The summed E-state index contributed by atoms with van der Waals surface area (Å²) in [5.41, 5.74) is -0.656. The summed E-state index contributed by atoms with van der Waals surface area (Å²) in [6, 6.07) is 0.258. The molecule has 100 valence electrons. The van der Waals surface area contributed by atoms with Crippen LogP contribution in [-0.4, -0.2) is 41.1 Å². The van der Waals surface area contributed by atoms with Crippen LogP contribution in [0.4, 0.5) is 4.79 Å². The number of aliphatic carboxylic acids is 1. The molecule has 3 fully saturated rings. The maximum absolute atomic E-state index is 12.1. The van der Waals surface area contributed by atoms with Crippen molar-refractivity contribution in [2.75, 3.05) is 13.1 Å². The summed E-state index contributed by atoms with van der Waals surface area (Å²) in [4.78, 5) is 25.3. The predicted octanol–water partition coefficient (Wildman–Crippen LogP) is 1.44. The number of hydrogen-bond acceptors (Lipinski definition) is 2. The molecular weight excluding hydrogens is 232 g/mol. The number of hydrogen-bond donors (Lipinski definition) is 2. The van der Waals surface area contributed by atoms with Gasteiger partial charge in [-0.15, -0.1) is 0 Å². The van der Waals surface area contributed by atoms with E-state index in [2.05, 4.69) is 5.32 Å². The van der Waals surface area contributed by atoms with Gasteiger partial charge >= 0.3 is 12.0 Å². The van der Waals surface area contributed by atoms with Crippen molar-refractivity contribution in [2.45, 2.75) is 44.6 Å². The van der Waals surface area contributed by atoms with Crippen molar-refractivity contribution < 1.29 is 14.7 Å². The molecule has 0 bridgehead atoms. The summed E-state index contributed by atoms with van der Waals surface area (Å²) in [7, 11) is 0. The zero-order chi connectivity index (χ0) is 12.8. The van der Waals surface area contributed by atoms with E-state index in [1.165, 1.54) is 6.42 Å². The summed E-state index contributed by atoms with van der Waals surface area (Å²) >= 11 is 0. The van der Waals surface area contributed by atoms with Crippen LogP contribution in [0.1, 0.15) is 38.5 Å². The van der Waals surface area contributed by atoms with E-state index in [1.807, 2.05) is 0 Å². The fourth-order valence-corrected chi connectivity index (χ4v) is 3.61. The number of carboxylic acid groups (broad SMARTS) is 1. The number of nitrogens with zero attached hydrogens (tertiary/aromatic N) is 1. The second-order valence-corrected chi connectivity index (χ2v) is 6.01. The van der Waals surface area contributed by atoms with E-state index < -0.39 is 11.4 Å². The summed E-state index contributed by atoms with van der Waals surface area (Å²) in [6.07, 6.45) is 5.96. The van der Waals surface area contributed by atoms with Crippen LogP contribution in [-0.2, 0) is 4.79 Å². The number of carbonyl (C=O) groups is 2. The van der Waals surface area contributed by atoms with Gasteiger partial charge in [0.1, 0.15) is 0 Å². The van der Waals surface area contributed by atoms with Gasteiger partial charge in [-0.25, -0.2) is 4.79 Å². The number of likely N-dealkylation sites (tertiary alicyclic amines) is 1. The lowest BCUT2D eigenvalue weighted by molar-refractivity contribution is -0.149. The van der Waals surface area contributed by atoms with Gasteiger partial charge < -0.3 is 15.3 Å². The molecule has 0 unspecified atom stereocenters. The molecule has 0 radical (unpaired) electrons. The minimum atomic E-state index is -0.719. The van der Waals surface area contributed by atoms with Gasteiger partial charge in [0, 0.05) is 19.1 Å². The van der Waals surface area contributed by atoms with Crippen molar-refractivity contribution in [1.29, 1.82) is 0 Å². The molecule has 18 heavy (non-hydrogen) atoms. The lowest BCUT2D eigenvalue weighted by Gasteiger charge is -2.29. The van der Waals surface area contributed by atoms with Gasteiger partial charge in [0.2, 0.25) is 0 Å². The number of carboxylic acids is 1. The molecule has 3 aliphatic rings. The molecule has 5 heteroatoms. The van der Waals surface area contributed by atoms with Gasteiger partial charge in [-0.3, -0.25) is 4.79 Å². The van der Waals surface area contributed by atoms with Crippen molar-refractivity contribution >= 4 is 12.0 Å². The quantitative estimate of drug-likeness (QED) is 0.781. The Morgan fingerprint density at radius 3 is 2.56 bits per heavy atom. The fraction of sp³-hybridized carbons (Fsp3) is 0.846. The van der Waals surface area contributed by atoms with Crippen LogP contribution >= 0.6 is 0 Å². The number of fused-ring (bicyclic) bond motifs is 1. The van der Waals surface area contributed by atoms with E-state index in [0.717, 1.165) is 32.1 Å². The third-order valence-corrected chi connectivity index (χ3v) is 5.02. The van der Waals surface area contributed by atoms with E-state index in [9.17, 15) is 14.7 Å². The molecular formula is C13H20N2O3. The van der Waals surface area contributed by atoms with Gasteiger partial charge in [0.05, 0.1) is 5.41 Å². The summed E-state index contributed by atoms with van der Waals surface area (Å²) in [5.74, 6) is -0.564. The number of nitrogens with one attached hydrogen (secondary N) is 1. The Bertz CT molecular complexity index is 380. The zero-order valence-electron chi connectivity index (χ0n) is 10.5. The third kappa shape index (κ3) is 1.68. The molecule has 2 saturated carbocycles. The third-order valence-electron chi connectivity index (χ3n) is 5.02. The van der Waals surface area contributed by atoms with Crippen molar-refractivity contribution in [3.63, 3.8) is 0 Å². The molecule has 2 atom stereocenters. The molecule has 1 aliphatic heterocycles. The molecule has 3 rings (SSSR count). The summed E-state index contributed by atoms with van der Waals surface area (Å²) in [5, 5.41) is 12.5. The van der Waals surface area contributed by atoms with Crippen molar-refractivity contribution in [3.05, 3.63) is 0 Å². The second-order valence-electron chi connectivity index (χ2n) is 6.01. The van der Waals surface area contributed by atoms with Gasteiger partial charge in [0.15, 0.2) is 0 Å². The Morgan fingerprint density at radius 2 is 2.00 bits per heavy atom. The summed E-state index contributed by atoms with van der Waals surface area (Å²) < 4.78 is 0. The molecule has 0 aromatic heterocycles. The normalized spacial score (nSPS) is 35.1. The molecule has 1 saturated heterocycles. The van der Waals surface area contributed by atoms with Crippen molar-refractivity contribution in [3.8, 4) is 0 Å². The lowest BCUT2D eigenvalue weighted by atomic mass is 9.81. The average Bonchev–Trinajstić information content (AvgIpc) is 2.79. The topological polar surface area (TPSA) is 69.6 Å². The highest BCUT2D eigenvalue weighted by Crippen LogP contribution is 2.48. The molecule has 2 aliphatic carbocycles. The van der Waals surface area contributed by atoms with Crippen molar-refractivity contribution in [1.82, 2.24) is 10.2 Å².